The number of epoxide rings is 1. The van der Waals surface area contributed by atoms with Crippen LogP contribution < -0.4 is 16.4 Å². The van der Waals surface area contributed by atoms with Crippen LogP contribution in [-0.4, -0.2) is 72.4 Å². The predicted octanol–water partition coefficient (Wildman–Crippen LogP) is 2.56. The van der Waals surface area contributed by atoms with Gasteiger partial charge in [-0.1, -0.05) is 38.8 Å². The van der Waals surface area contributed by atoms with E-state index in [1.54, 1.807) is 0 Å². The number of allylic oxidation sites excluding steroid dienone is 2. The van der Waals surface area contributed by atoms with Crippen molar-refractivity contribution in [2.45, 2.75) is 129 Å². The van der Waals surface area contributed by atoms with E-state index < -0.39 is 29.0 Å². The molecule has 0 radical (unpaired) electrons. The molecule has 2 saturated carbocycles. The van der Waals surface area contributed by atoms with Crippen molar-refractivity contribution in [1.29, 1.82) is 0 Å². The number of hydrogen-bond donors (Lipinski definition) is 4. The highest BCUT2D eigenvalue weighted by Gasteiger charge is 2.87. The number of likely N-dealkylation sites (N-methyl/N-ethyl adjacent to an activating group) is 1. The number of carbonyl (C=O) groups excluding carboxylic acids is 3. The molecule has 0 spiro atoms. The molecule has 0 aromatic carbocycles. The topological polar surface area (TPSA) is 152 Å². The quantitative estimate of drug-likeness (QED) is 0.0970. The zero-order chi connectivity index (χ0) is 33.9. The second kappa shape index (κ2) is 15.3. The van der Waals surface area contributed by atoms with Gasteiger partial charge in [-0.3, -0.25) is 15.3 Å². The normalized spacial score (nSPS) is 38.9. The van der Waals surface area contributed by atoms with E-state index in [9.17, 15) is 19.5 Å². The maximum absolute atomic E-state index is 14.7. The molecule has 47 heavy (non-hydrogen) atoms. The van der Waals surface area contributed by atoms with Crippen molar-refractivity contribution in [1.82, 2.24) is 0 Å². The van der Waals surface area contributed by atoms with E-state index >= 15 is 0 Å². The van der Waals surface area contributed by atoms with Crippen molar-refractivity contribution < 1.29 is 39.6 Å². The summed E-state index contributed by atoms with van der Waals surface area (Å²) < 4.78 is 12.5. The highest BCUT2D eigenvalue weighted by molar-refractivity contribution is 6.23. The van der Waals surface area contributed by atoms with Crippen LogP contribution in [0.25, 0.3) is 0 Å². The first kappa shape index (κ1) is 36.4. The number of hydrogen-bond acceptors (Lipinski definition) is 7. The average molecular weight is 658 g/mol. The summed E-state index contributed by atoms with van der Waals surface area (Å²) >= 11 is 0. The molecule has 2 heterocycles. The van der Waals surface area contributed by atoms with E-state index in [4.69, 9.17) is 15.2 Å². The fourth-order valence-electron chi connectivity index (χ4n) is 9.67. The van der Waals surface area contributed by atoms with E-state index in [0.29, 0.717) is 29.7 Å². The molecule has 5 aliphatic rings. The molecule has 4 fully saturated rings. The minimum Gasteiger partial charge on any atom is -0.463 e. The maximum Gasteiger partial charge on any atom is 0.350 e. The van der Waals surface area contributed by atoms with Crippen molar-refractivity contribution in [3.63, 3.8) is 0 Å². The highest BCUT2D eigenvalue weighted by atomic mass is 16.7. The minimum absolute atomic E-state index is 0.0445. The van der Waals surface area contributed by atoms with Crippen LogP contribution in [0.3, 0.4) is 0 Å². The third-order valence-corrected chi connectivity index (χ3v) is 12.4. The van der Waals surface area contributed by atoms with Gasteiger partial charge in [0, 0.05) is 30.6 Å². The number of rotatable bonds is 14. The molecule has 5 unspecified atom stereocenters. The Hall–Kier alpha value is -1.91. The molecule has 0 amide bonds. The molecule has 9 heteroatoms. The van der Waals surface area contributed by atoms with Gasteiger partial charge in [-0.25, -0.2) is 4.79 Å². The number of Topliss-reactive ketones (excluding diaryl/α,β-unsaturated/α-hetero) is 2. The Balaban J connectivity index is 1.42. The molecule has 2 aliphatic heterocycles. The average Bonchev–Trinajstić information content (AvgIpc) is 3.76. The summed E-state index contributed by atoms with van der Waals surface area (Å²) in [5.41, 5.74) is 4.36. The monoisotopic (exact) mass is 657 g/mol. The number of piperidine rings is 1. The third-order valence-electron chi connectivity index (χ3n) is 12.4. The van der Waals surface area contributed by atoms with Gasteiger partial charge in [0.25, 0.3) is 5.60 Å². The molecule has 0 bridgehead atoms. The molecule has 2 saturated heterocycles. The molecule has 9 nitrogen and oxygen atoms in total. The zero-order valence-electron chi connectivity index (χ0n) is 29.7. The summed E-state index contributed by atoms with van der Waals surface area (Å²) in [6, 6.07) is 0.197. The van der Waals surface area contributed by atoms with Gasteiger partial charge in [-0.05, 0) is 101 Å². The number of esters is 1. The molecular weight excluding hydrogens is 594 g/mol. The van der Waals surface area contributed by atoms with Gasteiger partial charge in [0.2, 0.25) is 0 Å². The van der Waals surface area contributed by atoms with Gasteiger partial charge in [0.05, 0.1) is 19.7 Å². The SMILES string of the molecule is CC[NH2+][C@@H]1C=C[C@H](CC)C[C@H]1COC(=O)[C@]12O[C@@]1(CC(CO)=C(C)CCC1CC[NH2+]C(N)C1)C(=O)C1CCCC(CC(C)C)C1C2=O. The molecule has 5 rings (SSSR count). The number of nitrogens with two attached hydrogens (primary N) is 3. The van der Waals surface area contributed by atoms with Crippen LogP contribution in [0.1, 0.15) is 105 Å². The number of fused-ring (bicyclic) bond motifs is 2. The van der Waals surface area contributed by atoms with Crippen molar-refractivity contribution >= 4 is 17.5 Å². The second-order valence-electron chi connectivity index (χ2n) is 16.0. The molecule has 264 valence electrons. The van der Waals surface area contributed by atoms with Gasteiger partial charge < -0.3 is 25.2 Å². The lowest BCUT2D eigenvalue weighted by molar-refractivity contribution is -0.699. The summed E-state index contributed by atoms with van der Waals surface area (Å²) in [4.78, 5) is 43.7. The smallest absolute Gasteiger partial charge is 0.350 e. The first-order valence-corrected chi connectivity index (χ1v) is 18.9. The fraction of sp³-hybridized carbons (Fsp3) is 0.816. The van der Waals surface area contributed by atoms with Crippen molar-refractivity contribution in [2.75, 3.05) is 26.3 Å². The Labute approximate surface area is 282 Å². The predicted molar refractivity (Wildman–Crippen MR) is 180 cm³/mol. The number of ether oxygens (including phenoxy) is 2. The van der Waals surface area contributed by atoms with Crippen molar-refractivity contribution in [3.05, 3.63) is 23.3 Å². The number of aliphatic hydroxyl groups is 1. The van der Waals surface area contributed by atoms with Gasteiger partial charge in [0.1, 0.15) is 18.8 Å². The molecule has 0 aromatic heterocycles. The van der Waals surface area contributed by atoms with Crippen LogP contribution in [0.5, 0.6) is 0 Å². The molecular formula is C38H63N3O6+2. The van der Waals surface area contributed by atoms with Gasteiger partial charge >= 0.3 is 5.97 Å². The number of carbonyl (C=O) groups is 3. The Morgan fingerprint density at radius 2 is 1.94 bits per heavy atom. The van der Waals surface area contributed by atoms with E-state index in [1.165, 1.54) is 0 Å². The number of ketones is 2. The van der Waals surface area contributed by atoms with Crippen LogP contribution in [-0.2, 0) is 23.9 Å². The van der Waals surface area contributed by atoms with Gasteiger partial charge in [0.15, 0.2) is 17.2 Å². The lowest BCUT2D eigenvalue weighted by atomic mass is 9.56. The minimum atomic E-state index is -1.93. The first-order valence-electron chi connectivity index (χ1n) is 18.9. The summed E-state index contributed by atoms with van der Waals surface area (Å²) in [6.45, 7) is 12.5. The Morgan fingerprint density at radius 1 is 1.15 bits per heavy atom. The maximum atomic E-state index is 14.7. The molecule has 3 aliphatic carbocycles. The van der Waals surface area contributed by atoms with Crippen molar-refractivity contribution in [3.8, 4) is 0 Å². The first-order chi connectivity index (χ1) is 22.5. The Morgan fingerprint density at radius 3 is 2.62 bits per heavy atom. The van der Waals surface area contributed by atoms with Crippen LogP contribution in [0.4, 0.5) is 0 Å². The highest BCUT2D eigenvalue weighted by Crippen LogP contribution is 2.63. The van der Waals surface area contributed by atoms with Gasteiger partial charge in [-0.15, -0.1) is 0 Å². The van der Waals surface area contributed by atoms with Crippen molar-refractivity contribution in [2.24, 2.45) is 47.2 Å². The van der Waals surface area contributed by atoms with Crippen LogP contribution >= 0.6 is 0 Å². The summed E-state index contributed by atoms with van der Waals surface area (Å²) in [7, 11) is 0. The lowest BCUT2D eigenvalue weighted by Gasteiger charge is -2.42. The lowest BCUT2D eigenvalue weighted by Crippen LogP contribution is -2.94. The Bertz CT molecular complexity index is 1220. The molecule has 7 N–H and O–H groups in total. The standard InChI is InChI=1S/C38H61N3O6/c1-6-25-13-14-31(40-7-2)28(18-25)22-46-36(45)38-35(44)33-27(17-23(3)4)9-8-10-30(33)34(43)37(38,47-38)20-29(21-42)24(5)11-12-26-15-16-41-32(39)19-26/h13-14,23,25-28,30-33,40-42H,6-12,15-22,39H2,1-5H3/p+2/t25-,26?,27?,28-,30?,31+,32?,33?,37-,38-/m0/s1. The summed E-state index contributed by atoms with van der Waals surface area (Å²) in [5, 5.41) is 15.1. The fourth-order valence-corrected chi connectivity index (χ4v) is 9.67. The van der Waals surface area contributed by atoms with Gasteiger partial charge in [-0.2, -0.15) is 0 Å². The number of quaternary nitrogens is 2. The summed E-state index contributed by atoms with van der Waals surface area (Å²) in [5.74, 6) is -0.608. The van der Waals surface area contributed by atoms with E-state index in [-0.39, 0.29) is 55.2 Å². The van der Waals surface area contributed by atoms with Crippen LogP contribution in [0.15, 0.2) is 23.3 Å². The zero-order valence-corrected chi connectivity index (χ0v) is 29.7. The third kappa shape index (κ3) is 7.21. The Kier molecular flexibility index (Phi) is 11.9. The van der Waals surface area contributed by atoms with E-state index in [0.717, 1.165) is 76.5 Å². The van der Waals surface area contributed by atoms with E-state index in [2.05, 4.69) is 50.5 Å². The molecule has 0 aromatic rings. The van der Waals surface area contributed by atoms with E-state index in [1.807, 2.05) is 6.92 Å². The van der Waals surface area contributed by atoms with Crippen LogP contribution in [0.2, 0.25) is 0 Å². The summed E-state index contributed by atoms with van der Waals surface area (Å²) in [6.07, 6.45) is 13.7. The second-order valence-corrected chi connectivity index (χ2v) is 16.0. The largest absolute Gasteiger partial charge is 0.463 e. The molecule has 10 atom stereocenters. The van der Waals surface area contributed by atoms with Crippen LogP contribution in [0, 0.1) is 41.4 Å². The number of aliphatic hydroxyl groups excluding tert-OH is 1.